The van der Waals surface area contributed by atoms with Crippen molar-refractivity contribution in [3.05, 3.63) is 130 Å². The summed E-state index contributed by atoms with van der Waals surface area (Å²) in [5.41, 5.74) is 11.1. The van der Waals surface area contributed by atoms with Crippen molar-refractivity contribution in [1.82, 2.24) is 34.7 Å². The first-order valence-corrected chi connectivity index (χ1v) is 25.3. The number of rotatable bonds is 11. The number of benzene rings is 4. The van der Waals surface area contributed by atoms with Crippen molar-refractivity contribution in [3.8, 4) is 22.8 Å². The Hall–Kier alpha value is -7.17. The van der Waals surface area contributed by atoms with Crippen molar-refractivity contribution in [2.75, 3.05) is 51.1 Å². The van der Waals surface area contributed by atoms with Crippen LogP contribution in [0.2, 0.25) is 0 Å². The molecule has 6 amide bonds. The first kappa shape index (κ1) is 46.2. The molecule has 16 nitrogen and oxygen atoms in total. The number of nitrogens with zero attached hydrogens (tertiary/aromatic N) is 6. The molecule has 4 aromatic carbocycles. The third kappa shape index (κ3) is 9.22. The highest BCUT2D eigenvalue weighted by molar-refractivity contribution is 6.24. The van der Waals surface area contributed by atoms with Crippen molar-refractivity contribution in [2.45, 2.75) is 88.4 Å². The summed E-state index contributed by atoms with van der Waals surface area (Å²) in [7, 11) is 0. The Morgan fingerprint density at radius 2 is 1.42 bits per heavy atom. The van der Waals surface area contributed by atoms with Crippen LogP contribution in [0.25, 0.3) is 11.3 Å². The van der Waals surface area contributed by atoms with E-state index in [1.807, 2.05) is 59.5 Å². The number of nitrogens with two attached hydrogens (primary N) is 1. The molecule has 0 bridgehead atoms. The molecular formula is C55H59N9O7. The van der Waals surface area contributed by atoms with Gasteiger partial charge in [-0.25, -0.2) is 4.68 Å². The van der Waals surface area contributed by atoms with Crippen LogP contribution < -0.4 is 21.1 Å². The number of para-hydroxylation sites is 1. The number of anilines is 1. The monoisotopic (exact) mass is 957 g/mol. The molecule has 5 aliphatic heterocycles. The summed E-state index contributed by atoms with van der Waals surface area (Å²) in [4.78, 5) is 85.2. The van der Waals surface area contributed by atoms with Crippen LogP contribution in [0.3, 0.4) is 0 Å². The van der Waals surface area contributed by atoms with Crippen LogP contribution in [-0.4, -0.2) is 123 Å². The van der Waals surface area contributed by atoms with Gasteiger partial charge in [-0.15, -0.1) is 0 Å². The standard InChI is InChI=1S/C55H59N9O7/c56-50(66)48-49(38-12-17-42(18-13-38)71-41-4-2-1-3-5-41)59-64-45(22-25-57-51(48)64)37-10-15-40(16-11-37)61-30-28-60(29-31-61)33-34-6-8-35(9-7-34)36-23-26-62(27-24-36)53(68)39-14-19-43-44(32-39)55(70)63(54(43)69)46-20-21-47(65)58-52(46)67/h1-9,12-14,17-19,32,36-37,40,45-46,57H,10-11,15-16,20-31,33H2,(H2,56,66)(H,58,65,67)/t37?,40?,45-,46?/m0/s1. The summed E-state index contributed by atoms with van der Waals surface area (Å²) >= 11 is 0. The maximum atomic E-state index is 13.6. The van der Waals surface area contributed by atoms with E-state index >= 15 is 0 Å². The number of hydrogen-bond acceptors (Lipinski definition) is 11. The van der Waals surface area contributed by atoms with Crippen LogP contribution in [0.15, 0.2) is 97.1 Å². The van der Waals surface area contributed by atoms with Crippen LogP contribution in [0.4, 0.5) is 5.82 Å². The molecule has 16 heteroatoms. The Bertz CT molecular complexity index is 2860. The van der Waals surface area contributed by atoms with E-state index in [1.165, 1.54) is 23.3 Å². The fourth-order valence-electron chi connectivity index (χ4n) is 12.0. The minimum Gasteiger partial charge on any atom is -0.457 e. The van der Waals surface area contributed by atoms with Gasteiger partial charge in [0.25, 0.3) is 23.6 Å². The number of primary amides is 1. The summed E-state index contributed by atoms with van der Waals surface area (Å²) in [5, 5.41) is 10.8. The van der Waals surface area contributed by atoms with Gasteiger partial charge in [-0.2, -0.15) is 5.10 Å². The van der Waals surface area contributed by atoms with Gasteiger partial charge in [-0.1, -0.05) is 42.5 Å². The molecule has 6 aliphatic rings. The zero-order valence-electron chi connectivity index (χ0n) is 39.8. The molecule has 11 rings (SSSR count). The number of carbonyl (C=O) groups is 6. The quantitative estimate of drug-likeness (QED) is 0.121. The summed E-state index contributed by atoms with van der Waals surface area (Å²) < 4.78 is 8.07. The molecule has 1 aromatic heterocycles. The second kappa shape index (κ2) is 19.6. The molecule has 1 saturated carbocycles. The van der Waals surface area contributed by atoms with Crippen LogP contribution >= 0.6 is 0 Å². The topological polar surface area (TPSA) is 193 Å². The smallest absolute Gasteiger partial charge is 0.262 e. The number of likely N-dealkylation sites (tertiary alicyclic amines) is 1. The van der Waals surface area contributed by atoms with E-state index in [0.717, 1.165) is 106 Å². The lowest BCUT2D eigenvalue weighted by atomic mass is 9.79. The molecule has 1 unspecified atom stereocenters. The van der Waals surface area contributed by atoms with E-state index in [9.17, 15) is 28.8 Å². The lowest BCUT2D eigenvalue weighted by Gasteiger charge is -2.43. The van der Waals surface area contributed by atoms with Gasteiger partial charge in [0.1, 0.15) is 34.6 Å². The number of carbonyl (C=O) groups excluding carboxylic acids is 6. The van der Waals surface area contributed by atoms with Gasteiger partial charge < -0.3 is 20.7 Å². The van der Waals surface area contributed by atoms with Gasteiger partial charge in [0.05, 0.1) is 17.2 Å². The fourth-order valence-corrected chi connectivity index (χ4v) is 12.0. The third-order valence-electron chi connectivity index (χ3n) is 15.8. The van der Waals surface area contributed by atoms with E-state index in [0.29, 0.717) is 53.5 Å². The Labute approximate surface area is 412 Å². The van der Waals surface area contributed by atoms with E-state index in [4.69, 9.17) is 15.6 Å². The van der Waals surface area contributed by atoms with Gasteiger partial charge in [-0.05, 0) is 129 Å². The van der Waals surface area contributed by atoms with Crippen molar-refractivity contribution in [3.63, 3.8) is 0 Å². The van der Waals surface area contributed by atoms with Crippen LogP contribution in [0, 0.1) is 5.92 Å². The molecule has 4 fully saturated rings. The second-order valence-electron chi connectivity index (χ2n) is 20.0. The molecule has 6 heterocycles. The Morgan fingerprint density at radius 1 is 0.718 bits per heavy atom. The molecule has 3 saturated heterocycles. The van der Waals surface area contributed by atoms with E-state index in [-0.39, 0.29) is 35.9 Å². The van der Waals surface area contributed by atoms with E-state index in [2.05, 4.69) is 49.4 Å². The Kier molecular flexibility index (Phi) is 12.7. The largest absolute Gasteiger partial charge is 0.457 e. The number of aromatic nitrogens is 2. The van der Waals surface area contributed by atoms with Gasteiger partial charge in [0.15, 0.2) is 0 Å². The molecule has 1 aliphatic carbocycles. The highest BCUT2D eigenvalue weighted by Gasteiger charge is 2.45. The van der Waals surface area contributed by atoms with E-state index < -0.39 is 35.6 Å². The summed E-state index contributed by atoms with van der Waals surface area (Å²) in [6, 6.07) is 30.6. The van der Waals surface area contributed by atoms with Gasteiger partial charge in [0.2, 0.25) is 11.8 Å². The minimum absolute atomic E-state index is 0.0437. The Balaban J connectivity index is 0.636. The molecule has 2 atom stereocenters. The second-order valence-corrected chi connectivity index (χ2v) is 20.0. The lowest BCUT2D eigenvalue weighted by Crippen LogP contribution is -2.54. The maximum Gasteiger partial charge on any atom is 0.262 e. The average molecular weight is 958 g/mol. The maximum absolute atomic E-state index is 13.6. The van der Waals surface area contributed by atoms with Gasteiger partial charge in [-0.3, -0.25) is 48.8 Å². The number of imide groups is 2. The number of amides is 6. The van der Waals surface area contributed by atoms with Crippen LogP contribution in [0.1, 0.15) is 122 Å². The third-order valence-corrected chi connectivity index (χ3v) is 15.8. The van der Waals surface area contributed by atoms with Crippen molar-refractivity contribution in [2.24, 2.45) is 11.7 Å². The molecule has 5 aromatic rings. The molecule has 71 heavy (non-hydrogen) atoms. The molecule has 0 radical (unpaired) electrons. The van der Waals surface area contributed by atoms with Crippen molar-refractivity contribution >= 4 is 41.3 Å². The SMILES string of the molecule is NC(=O)c1c(-c2ccc(Oc3ccccc3)cc2)nn2c1NCC[C@H]2C1CCC(N2CCN(Cc3ccc(C4CCN(C(=O)c5ccc6c(c5)C(=O)N(C5CCC(=O)NC5=O)C6=O)CC4)cc3)CC2)CC1. The van der Waals surface area contributed by atoms with Crippen LogP contribution in [0.5, 0.6) is 11.5 Å². The first-order valence-electron chi connectivity index (χ1n) is 25.3. The predicted octanol–water partition coefficient (Wildman–Crippen LogP) is 6.60. The summed E-state index contributed by atoms with van der Waals surface area (Å²) in [6.07, 6.45) is 7.27. The number of nitrogens with one attached hydrogen (secondary N) is 2. The predicted molar refractivity (Wildman–Crippen MR) is 265 cm³/mol. The number of piperidine rings is 2. The number of ether oxygens (including phenoxy) is 1. The lowest BCUT2D eigenvalue weighted by molar-refractivity contribution is -0.136. The summed E-state index contributed by atoms with van der Waals surface area (Å²) in [5.74, 6) is 0.0261. The summed E-state index contributed by atoms with van der Waals surface area (Å²) in [6.45, 7) is 7.03. The van der Waals surface area contributed by atoms with E-state index in [1.54, 1.807) is 6.07 Å². The van der Waals surface area contributed by atoms with Gasteiger partial charge in [0, 0.05) is 75.9 Å². The minimum atomic E-state index is -1.05. The average Bonchev–Trinajstić information content (AvgIpc) is 3.91. The highest BCUT2D eigenvalue weighted by Crippen LogP contribution is 2.43. The zero-order chi connectivity index (χ0) is 48.8. The first-order chi connectivity index (χ1) is 34.6. The van der Waals surface area contributed by atoms with Gasteiger partial charge >= 0.3 is 0 Å². The molecular weight excluding hydrogens is 899 g/mol. The number of hydrogen-bond donors (Lipinski definition) is 3. The van der Waals surface area contributed by atoms with Crippen molar-refractivity contribution < 1.29 is 33.5 Å². The number of piperazine rings is 1. The highest BCUT2D eigenvalue weighted by atomic mass is 16.5. The normalized spacial score (nSPS) is 23.2. The molecule has 0 spiro atoms. The molecule has 366 valence electrons. The van der Waals surface area contributed by atoms with Crippen LogP contribution in [-0.2, 0) is 16.1 Å². The number of fused-ring (bicyclic) bond motifs is 2. The zero-order valence-corrected chi connectivity index (χ0v) is 39.8. The van der Waals surface area contributed by atoms with Crippen molar-refractivity contribution in [1.29, 1.82) is 0 Å². The fraction of sp³-hybridized carbons (Fsp3) is 0.400. The Morgan fingerprint density at radius 3 is 2.13 bits per heavy atom. The molecule has 4 N–H and O–H groups in total.